The molecule has 0 amide bonds. The number of anilines is 1. The van der Waals surface area contributed by atoms with Crippen molar-refractivity contribution in [1.29, 1.82) is 5.26 Å². The standard InChI is InChI=1S/C15H17N5O/c1-12-7-18-20(9-12)11-14-10-19(4-5-21-14)15-3-2-13(6-16)8-17-15/h2-3,7-9,14H,4-5,10-11H2,1H3. The number of nitriles is 1. The van der Waals surface area contributed by atoms with Gasteiger partial charge in [0.25, 0.3) is 0 Å². The van der Waals surface area contributed by atoms with Gasteiger partial charge in [-0.25, -0.2) is 4.98 Å². The van der Waals surface area contributed by atoms with E-state index in [4.69, 9.17) is 10.00 Å². The van der Waals surface area contributed by atoms with Crippen molar-refractivity contribution in [3.05, 3.63) is 41.9 Å². The highest BCUT2D eigenvalue weighted by atomic mass is 16.5. The highest BCUT2D eigenvalue weighted by Gasteiger charge is 2.22. The Morgan fingerprint density at radius 3 is 3.00 bits per heavy atom. The summed E-state index contributed by atoms with van der Waals surface area (Å²) in [5.74, 6) is 0.888. The number of hydrogen-bond donors (Lipinski definition) is 0. The van der Waals surface area contributed by atoms with Crippen LogP contribution in [0.25, 0.3) is 0 Å². The Kier molecular flexibility index (Phi) is 3.84. The minimum Gasteiger partial charge on any atom is -0.373 e. The number of rotatable bonds is 3. The minimum absolute atomic E-state index is 0.0930. The molecule has 0 aliphatic carbocycles. The molecule has 0 radical (unpaired) electrons. The lowest BCUT2D eigenvalue weighted by molar-refractivity contribution is 0.0272. The molecule has 1 saturated heterocycles. The van der Waals surface area contributed by atoms with Crippen LogP contribution in [-0.2, 0) is 11.3 Å². The van der Waals surface area contributed by atoms with Crippen LogP contribution in [0.2, 0.25) is 0 Å². The minimum atomic E-state index is 0.0930. The van der Waals surface area contributed by atoms with Crippen molar-refractivity contribution in [2.75, 3.05) is 24.6 Å². The van der Waals surface area contributed by atoms with E-state index in [0.717, 1.165) is 31.0 Å². The number of morpholine rings is 1. The normalized spacial score (nSPS) is 18.5. The molecule has 1 fully saturated rings. The summed E-state index contributed by atoms with van der Waals surface area (Å²) in [6.07, 6.45) is 5.57. The Balaban J connectivity index is 1.66. The van der Waals surface area contributed by atoms with Crippen LogP contribution in [0, 0.1) is 18.3 Å². The van der Waals surface area contributed by atoms with Gasteiger partial charge in [-0.15, -0.1) is 0 Å². The maximum Gasteiger partial charge on any atom is 0.128 e. The molecule has 6 nitrogen and oxygen atoms in total. The van der Waals surface area contributed by atoms with E-state index in [-0.39, 0.29) is 6.10 Å². The summed E-state index contributed by atoms with van der Waals surface area (Å²) in [4.78, 5) is 6.53. The van der Waals surface area contributed by atoms with Gasteiger partial charge in [-0.1, -0.05) is 0 Å². The summed E-state index contributed by atoms with van der Waals surface area (Å²) in [6, 6.07) is 5.77. The number of ether oxygens (including phenoxy) is 1. The highest BCUT2D eigenvalue weighted by molar-refractivity contribution is 5.42. The first-order valence-electron chi connectivity index (χ1n) is 6.96. The average Bonchev–Trinajstić information content (AvgIpc) is 2.93. The van der Waals surface area contributed by atoms with Crippen LogP contribution < -0.4 is 4.90 Å². The fourth-order valence-corrected chi connectivity index (χ4v) is 2.45. The van der Waals surface area contributed by atoms with Crippen LogP contribution in [-0.4, -0.2) is 40.6 Å². The van der Waals surface area contributed by atoms with Crippen LogP contribution in [0.1, 0.15) is 11.1 Å². The smallest absolute Gasteiger partial charge is 0.128 e. The van der Waals surface area contributed by atoms with Crippen LogP contribution in [0.3, 0.4) is 0 Å². The first-order chi connectivity index (χ1) is 10.2. The van der Waals surface area contributed by atoms with Crippen molar-refractivity contribution in [3.8, 4) is 6.07 Å². The van der Waals surface area contributed by atoms with Gasteiger partial charge in [0.05, 0.1) is 31.0 Å². The van der Waals surface area contributed by atoms with Gasteiger partial charge in [0.2, 0.25) is 0 Å². The van der Waals surface area contributed by atoms with Gasteiger partial charge < -0.3 is 9.64 Å². The molecule has 1 atom stereocenters. The molecule has 1 aliphatic rings. The predicted octanol–water partition coefficient (Wildman–Crippen LogP) is 1.36. The highest BCUT2D eigenvalue weighted by Crippen LogP contribution is 2.16. The van der Waals surface area contributed by atoms with E-state index in [9.17, 15) is 0 Å². The van der Waals surface area contributed by atoms with Crippen LogP contribution in [0.5, 0.6) is 0 Å². The lowest BCUT2D eigenvalue weighted by atomic mass is 10.2. The molecule has 3 heterocycles. The van der Waals surface area contributed by atoms with Gasteiger partial charge in [-0.2, -0.15) is 10.4 Å². The fraction of sp³-hybridized carbons (Fsp3) is 0.400. The Morgan fingerprint density at radius 1 is 1.43 bits per heavy atom. The average molecular weight is 283 g/mol. The number of pyridine rings is 1. The monoisotopic (exact) mass is 283 g/mol. The number of aromatic nitrogens is 3. The van der Waals surface area contributed by atoms with Crippen molar-refractivity contribution < 1.29 is 4.74 Å². The van der Waals surface area contributed by atoms with E-state index in [2.05, 4.69) is 21.1 Å². The van der Waals surface area contributed by atoms with Crippen molar-refractivity contribution >= 4 is 5.82 Å². The van der Waals surface area contributed by atoms with Crippen molar-refractivity contribution in [2.45, 2.75) is 19.6 Å². The largest absolute Gasteiger partial charge is 0.373 e. The summed E-state index contributed by atoms with van der Waals surface area (Å²) >= 11 is 0. The molecule has 2 aromatic rings. The van der Waals surface area contributed by atoms with E-state index in [1.807, 2.05) is 30.1 Å². The molecule has 21 heavy (non-hydrogen) atoms. The van der Waals surface area contributed by atoms with Crippen LogP contribution in [0.15, 0.2) is 30.7 Å². The first-order valence-corrected chi connectivity index (χ1v) is 6.96. The molecule has 3 rings (SSSR count). The molecular formula is C15H17N5O. The molecule has 0 bridgehead atoms. The first kappa shape index (κ1) is 13.6. The lowest BCUT2D eigenvalue weighted by Gasteiger charge is -2.33. The van der Waals surface area contributed by atoms with E-state index in [1.54, 1.807) is 12.3 Å². The van der Waals surface area contributed by atoms with E-state index < -0.39 is 0 Å². The third-order valence-corrected chi connectivity index (χ3v) is 3.49. The van der Waals surface area contributed by atoms with Gasteiger partial charge in [0, 0.05) is 25.5 Å². The third-order valence-electron chi connectivity index (χ3n) is 3.49. The second-order valence-electron chi connectivity index (χ2n) is 5.20. The SMILES string of the molecule is Cc1cnn(CC2CN(c3ccc(C#N)cn3)CCO2)c1. The zero-order valence-electron chi connectivity index (χ0n) is 11.9. The summed E-state index contributed by atoms with van der Waals surface area (Å²) in [5, 5.41) is 13.1. The van der Waals surface area contributed by atoms with Crippen molar-refractivity contribution in [2.24, 2.45) is 0 Å². The lowest BCUT2D eigenvalue weighted by Crippen LogP contribution is -2.44. The zero-order valence-corrected chi connectivity index (χ0v) is 11.9. The third kappa shape index (κ3) is 3.20. The molecule has 0 saturated carbocycles. The maximum atomic E-state index is 8.81. The summed E-state index contributed by atoms with van der Waals surface area (Å²) in [7, 11) is 0. The topological polar surface area (TPSA) is 67.0 Å². The van der Waals surface area contributed by atoms with Crippen LogP contribution in [0.4, 0.5) is 5.82 Å². The molecule has 0 N–H and O–H groups in total. The number of aryl methyl sites for hydroxylation is 1. The number of nitrogens with zero attached hydrogens (tertiary/aromatic N) is 5. The molecule has 1 unspecified atom stereocenters. The van der Waals surface area contributed by atoms with E-state index in [1.165, 1.54) is 0 Å². The Morgan fingerprint density at radius 2 is 2.33 bits per heavy atom. The summed E-state index contributed by atoms with van der Waals surface area (Å²) < 4.78 is 7.72. The second-order valence-corrected chi connectivity index (χ2v) is 5.20. The van der Waals surface area contributed by atoms with Crippen LogP contribution >= 0.6 is 0 Å². The van der Waals surface area contributed by atoms with E-state index >= 15 is 0 Å². The number of hydrogen-bond acceptors (Lipinski definition) is 5. The van der Waals surface area contributed by atoms with Crippen molar-refractivity contribution in [1.82, 2.24) is 14.8 Å². The molecule has 0 spiro atoms. The van der Waals surface area contributed by atoms with Crippen molar-refractivity contribution in [3.63, 3.8) is 0 Å². The maximum absolute atomic E-state index is 8.81. The molecule has 2 aromatic heterocycles. The molecular weight excluding hydrogens is 266 g/mol. The second kappa shape index (κ2) is 5.94. The summed E-state index contributed by atoms with van der Waals surface area (Å²) in [5.41, 5.74) is 1.73. The molecule has 6 heteroatoms. The Labute approximate surface area is 123 Å². The predicted molar refractivity (Wildman–Crippen MR) is 77.9 cm³/mol. The quantitative estimate of drug-likeness (QED) is 0.851. The van der Waals surface area contributed by atoms with Gasteiger partial charge in [-0.3, -0.25) is 4.68 Å². The molecule has 1 aliphatic heterocycles. The van der Waals surface area contributed by atoms with Gasteiger partial charge in [0.1, 0.15) is 11.9 Å². The van der Waals surface area contributed by atoms with E-state index in [0.29, 0.717) is 12.2 Å². The Hall–Kier alpha value is -2.39. The Bertz CT molecular complexity index is 643. The zero-order chi connectivity index (χ0) is 14.7. The van der Waals surface area contributed by atoms with Gasteiger partial charge in [0.15, 0.2) is 0 Å². The molecule has 108 valence electrons. The fourth-order valence-electron chi connectivity index (χ4n) is 2.45. The molecule has 0 aromatic carbocycles. The van der Waals surface area contributed by atoms with Gasteiger partial charge in [-0.05, 0) is 24.6 Å². The van der Waals surface area contributed by atoms with Gasteiger partial charge >= 0.3 is 0 Å². The summed E-state index contributed by atoms with van der Waals surface area (Å²) in [6.45, 7) is 5.02.